The number of amides is 1. The van der Waals surface area contributed by atoms with Crippen LogP contribution in [0.3, 0.4) is 0 Å². The second-order valence-electron chi connectivity index (χ2n) is 5.84. The number of anilines is 1. The zero-order chi connectivity index (χ0) is 18.4. The minimum Gasteiger partial charge on any atom is -0.496 e. The maximum absolute atomic E-state index is 12.6. The van der Waals surface area contributed by atoms with Gasteiger partial charge in [0.2, 0.25) is 0 Å². The number of hydrogen-bond acceptors (Lipinski definition) is 3. The van der Waals surface area contributed by atoms with E-state index in [-0.39, 0.29) is 5.91 Å². The number of nitrogens with one attached hydrogen (secondary N) is 1. The fourth-order valence-corrected chi connectivity index (χ4v) is 2.84. The van der Waals surface area contributed by atoms with Gasteiger partial charge in [-0.2, -0.15) is 0 Å². The van der Waals surface area contributed by atoms with Gasteiger partial charge in [0, 0.05) is 17.7 Å². The normalized spacial score (nSPS) is 10.2. The Labute approximate surface area is 153 Å². The number of rotatable bonds is 6. The van der Waals surface area contributed by atoms with Crippen LogP contribution in [0.25, 0.3) is 0 Å². The summed E-state index contributed by atoms with van der Waals surface area (Å²) in [6, 6.07) is 22.9. The van der Waals surface area contributed by atoms with Crippen molar-refractivity contribution < 1.29 is 14.3 Å². The predicted octanol–water partition coefficient (Wildman–Crippen LogP) is 4.55. The average molecular weight is 347 g/mol. The molecule has 0 bridgehead atoms. The van der Waals surface area contributed by atoms with Gasteiger partial charge in [-0.25, -0.2) is 0 Å². The number of benzene rings is 3. The van der Waals surface area contributed by atoms with Crippen molar-refractivity contribution in [3.63, 3.8) is 0 Å². The first kappa shape index (κ1) is 17.5. The maximum Gasteiger partial charge on any atom is 0.259 e. The number of carbonyl (C=O) groups is 1. The van der Waals surface area contributed by atoms with Crippen molar-refractivity contribution in [1.29, 1.82) is 0 Å². The molecule has 132 valence electrons. The SMILES string of the molecule is COc1ccc(NC(=O)c2ccccc2OC)cc1Cc1ccccc1. The molecule has 0 aliphatic rings. The summed E-state index contributed by atoms with van der Waals surface area (Å²) in [6.07, 6.45) is 0.725. The van der Waals surface area contributed by atoms with Crippen LogP contribution in [0.1, 0.15) is 21.5 Å². The topological polar surface area (TPSA) is 47.6 Å². The molecule has 3 aromatic rings. The number of ether oxygens (including phenoxy) is 2. The van der Waals surface area contributed by atoms with Crippen molar-refractivity contribution in [2.75, 3.05) is 19.5 Å². The van der Waals surface area contributed by atoms with Crippen LogP contribution in [0.15, 0.2) is 72.8 Å². The lowest BCUT2D eigenvalue weighted by atomic mass is 10.0. The molecule has 0 aliphatic carbocycles. The number of hydrogen-bond donors (Lipinski definition) is 1. The van der Waals surface area contributed by atoms with Crippen LogP contribution < -0.4 is 14.8 Å². The van der Waals surface area contributed by atoms with Gasteiger partial charge in [-0.15, -0.1) is 0 Å². The van der Waals surface area contributed by atoms with Gasteiger partial charge in [0.25, 0.3) is 5.91 Å². The Bertz CT molecular complexity index is 891. The molecule has 0 aliphatic heterocycles. The van der Waals surface area contributed by atoms with Crippen LogP contribution >= 0.6 is 0 Å². The Kier molecular flexibility index (Phi) is 5.54. The lowest BCUT2D eigenvalue weighted by molar-refractivity contribution is 0.102. The first-order valence-corrected chi connectivity index (χ1v) is 8.36. The Morgan fingerprint density at radius 2 is 1.54 bits per heavy atom. The Hall–Kier alpha value is -3.27. The van der Waals surface area contributed by atoms with Crippen LogP contribution in [-0.4, -0.2) is 20.1 Å². The lowest BCUT2D eigenvalue weighted by Gasteiger charge is -2.13. The van der Waals surface area contributed by atoms with Gasteiger partial charge in [0.1, 0.15) is 11.5 Å². The van der Waals surface area contributed by atoms with Crippen LogP contribution in [0.5, 0.6) is 11.5 Å². The molecule has 26 heavy (non-hydrogen) atoms. The predicted molar refractivity (Wildman–Crippen MR) is 103 cm³/mol. The smallest absolute Gasteiger partial charge is 0.259 e. The quantitative estimate of drug-likeness (QED) is 0.712. The highest BCUT2D eigenvalue weighted by Gasteiger charge is 2.13. The van der Waals surface area contributed by atoms with E-state index in [1.165, 1.54) is 5.56 Å². The minimum absolute atomic E-state index is 0.210. The zero-order valence-electron chi connectivity index (χ0n) is 14.9. The zero-order valence-corrected chi connectivity index (χ0v) is 14.9. The summed E-state index contributed by atoms with van der Waals surface area (Å²) in [5.74, 6) is 1.13. The van der Waals surface area contributed by atoms with Gasteiger partial charge in [-0.05, 0) is 35.9 Å². The molecule has 1 N–H and O–H groups in total. The third-order valence-corrected chi connectivity index (χ3v) is 4.13. The molecule has 0 saturated carbocycles. The maximum atomic E-state index is 12.6. The van der Waals surface area contributed by atoms with E-state index in [0.29, 0.717) is 17.0 Å². The van der Waals surface area contributed by atoms with Gasteiger partial charge in [0.15, 0.2) is 0 Å². The third-order valence-electron chi connectivity index (χ3n) is 4.13. The fraction of sp³-hybridized carbons (Fsp3) is 0.136. The molecule has 4 heteroatoms. The van der Waals surface area contributed by atoms with Crippen molar-refractivity contribution in [2.24, 2.45) is 0 Å². The molecular weight excluding hydrogens is 326 g/mol. The summed E-state index contributed by atoms with van der Waals surface area (Å²) in [4.78, 5) is 12.6. The first-order valence-electron chi connectivity index (χ1n) is 8.36. The standard InChI is InChI=1S/C22H21NO3/c1-25-20-13-12-18(15-17(20)14-16-8-4-3-5-9-16)23-22(24)19-10-6-7-11-21(19)26-2/h3-13,15H,14H2,1-2H3,(H,23,24). The number of para-hydroxylation sites is 1. The molecule has 0 atom stereocenters. The molecular formula is C22H21NO3. The molecule has 0 heterocycles. The van der Waals surface area contributed by atoms with Gasteiger partial charge >= 0.3 is 0 Å². The number of carbonyl (C=O) groups excluding carboxylic acids is 1. The molecule has 0 spiro atoms. The van der Waals surface area contributed by atoms with Crippen molar-refractivity contribution >= 4 is 11.6 Å². The van der Waals surface area contributed by atoms with E-state index in [4.69, 9.17) is 9.47 Å². The number of methoxy groups -OCH3 is 2. The molecule has 3 aromatic carbocycles. The molecule has 0 radical (unpaired) electrons. The second-order valence-corrected chi connectivity index (χ2v) is 5.84. The summed E-state index contributed by atoms with van der Waals surface area (Å²) in [5, 5.41) is 2.94. The molecule has 4 nitrogen and oxygen atoms in total. The summed E-state index contributed by atoms with van der Waals surface area (Å²) < 4.78 is 10.7. The molecule has 0 aromatic heterocycles. The summed E-state index contributed by atoms with van der Waals surface area (Å²) in [5.41, 5.74) is 3.40. The highest BCUT2D eigenvalue weighted by atomic mass is 16.5. The van der Waals surface area contributed by atoms with Crippen molar-refractivity contribution in [2.45, 2.75) is 6.42 Å². The third kappa shape index (κ3) is 4.03. The van der Waals surface area contributed by atoms with Crippen LogP contribution in [0, 0.1) is 0 Å². The summed E-state index contributed by atoms with van der Waals surface area (Å²) >= 11 is 0. The molecule has 0 unspecified atom stereocenters. The lowest BCUT2D eigenvalue weighted by Crippen LogP contribution is -2.13. The highest BCUT2D eigenvalue weighted by molar-refractivity contribution is 6.06. The van der Waals surface area contributed by atoms with E-state index < -0.39 is 0 Å². The van der Waals surface area contributed by atoms with Crippen LogP contribution in [-0.2, 0) is 6.42 Å². The van der Waals surface area contributed by atoms with Gasteiger partial charge in [-0.3, -0.25) is 4.79 Å². The monoisotopic (exact) mass is 347 g/mol. The minimum atomic E-state index is -0.210. The van der Waals surface area contributed by atoms with E-state index in [2.05, 4.69) is 17.4 Å². The van der Waals surface area contributed by atoms with Gasteiger partial charge in [0.05, 0.1) is 19.8 Å². The van der Waals surface area contributed by atoms with E-state index in [1.807, 2.05) is 48.5 Å². The van der Waals surface area contributed by atoms with E-state index in [0.717, 1.165) is 17.7 Å². The average Bonchev–Trinajstić information content (AvgIpc) is 2.69. The van der Waals surface area contributed by atoms with Gasteiger partial charge in [-0.1, -0.05) is 42.5 Å². The molecule has 0 fully saturated rings. The van der Waals surface area contributed by atoms with Crippen molar-refractivity contribution in [3.8, 4) is 11.5 Å². The fourth-order valence-electron chi connectivity index (χ4n) is 2.84. The summed E-state index contributed by atoms with van der Waals surface area (Å²) in [6.45, 7) is 0. The largest absolute Gasteiger partial charge is 0.496 e. The Balaban J connectivity index is 1.84. The Morgan fingerprint density at radius 1 is 0.846 bits per heavy atom. The summed E-state index contributed by atoms with van der Waals surface area (Å²) in [7, 11) is 3.20. The first-order chi connectivity index (χ1) is 12.7. The molecule has 3 rings (SSSR count). The molecule has 0 saturated heterocycles. The van der Waals surface area contributed by atoms with Crippen LogP contribution in [0.4, 0.5) is 5.69 Å². The van der Waals surface area contributed by atoms with Crippen LogP contribution in [0.2, 0.25) is 0 Å². The van der Waals surface area contributed by atoms with E-state index >= 15 is 0 Å². The van der Waals surface area contributed by atoms with E-state index in [9.17, 15) is 4.79 Å². The Morgan fingerprint density at radius 3 is 2.27 bits per heavy atom. The van der Waals surface area contributed by atoms with Crippen molar-refractivity contribution in [3.05, 3.63) is 89.5 Å². The van der Waals surface area contributed by atoms with Crippen molar-refractivity contribution in [1.82, 2.24) is 0 Å². The van der Waals surface area contributed by atoms with Gasteiger partial charge < -0.3 is 14.8 Å². The molecule has 1 amide bonds. The highest BCUT2D eigenvalue weighted by Crippen LogP contribution is 2.26. The second kappa shape index (κ2) is 8.21. The van der Waals surface area contributed by atoms with E-state index in [1.54, 1.807) is 26.4 Å².